The van der Waals surface area contributed by atoms with Gasteiger partial charge in [0.05, 0.1) is 11.3 Å². The summed E-state index contributed by atoms with van der Waals surface area (Å²) in [6, 6.07) is 12.8. The monoisotopic (exact) mass is 266 g/mol. The minimum atomic E-state index is -0.258. The first-order chi connectivity index (χ1) is 9.68. The van der Waals surface area contributed by atoms with E-state index in [0.717, 1.165) is 16.8 Å². The fraction of sp³-hybridized carbons (Fsp3) is 0.118. The quantitative estimate of drug-likeness (QED) is 0.676. The summed E-state index contributed by atoms with van der Waals surface area (Å²) >= 11 is 0. The van der Waals surface area contributed by atoms with E-state index in [-0.39, 0.29) is 5.82 Å². The van der Waals surface area contributed by atoms with Crippen LogP contribution in [0.3, 0.4) is 0 Å². The van der Waals surface area contributed by atoms with Crippen molar-refractivity contribution in [1.29, 1.82) is 0 Å². The van der Waals surface area contributed by atoms with Crippen LogP contribution in [0.15, 0.2) is 54.9 Å². The largest absolute Gasteiger partial charge is 0.299 e. The van der Waals surface area contributed by atoms with E-state index < -0.39 is 0 Å². The van der Waals surface area contributed by atoms with Gasteiger partial charge >= 0.3 is 0 Å². The Hall–Kier alpha value is -2.42. The molecular weight excluding hydrogens is 251 g/mol. The SMILES string of the molecule is Cc1cccc(C)c1-n1ccnc1-c1ccccc1F. The summed E-state index contributed by atoms with van der Waals surface area (Å²) in [6.07, 6.45) is 3.57. The number of aromatic nitrogens is 2. The van der Waals surface area contributed by atoms with Crippen LogP contribution in [0.2, 0.25) is 0 Å². The molecule has 20 heavy (non-hydrogen) atoms. The minimum Gasteiger partial charge on any atom is -0.299 e. The van der Waals surface area contributed by atoms with Crippen molar-refractivity contribution in [3.63, 3.8) is 0 Å². The Kier molecular flexibility index (Phi) is 3.11. The molecule has 2 nitrogen and oxygen atoms in total. The molecule has 3 heteroatoms. The van der Waals surface area contributed by atoms with E-state index >= 15 is 0 Å². The molecule has 0 fully saturated rings. The topological polar surface area (TPSA) is 17.8 Å². The summed E-state index contributed by atoms with van der Waals surface area (Å²) in [5.41, 5.74) is 3.85. The molecule has 0 aliphatic heterocycles. The van der Waals surface area contributed by atoms with E-state index in [1.54, 1.807) is 18.3 Å². The molecule has 0 spiro atoms. The molecule has 1 heterocycles. The predicted octanol–water partition coefficient (Wildman–Crippen LogP) is 4.30. The van der Waals surface area contributed by atoms with Gasteiger partial charge in [0.1, 0.15) is 11.6 Å². The molecule has 0 saturated heterocycles. The average Bonchev–Trinajstić information content (AvgIpc) is 2.88. The second kappa shape index (κ2) is 4.93. The van der Waals surface area contributed by atoms with Crippen molar-refractivity contribution in [2.45, 2.75) is 13.8 Å². The number of hydrogen-bond acceptors (Lipinski definition) is 1. The molecule has 0 unspecified atom stereocenters. The Morgan fingerprint density at radius 1 is 0.950 bits per heavy atom. The van der Waals surface area contributed by atoms with Gasteiger partial charge in [-0.05, 0) is 37.1 Å². The molecule has 0 bridgehead atoms. The third-order valence-corrected chi connectivity index (χ3v) is 3.44. The highest BCUT2D eigenvalue weighted by Crippen LogP contribution is 2.27. The van der Waals surface area contributed by atoms with E-state index in [0.29, 0.717) is 11.4 Å². The van der Waals surface area contributed by atoms with E-state index in [2.05, 4.69) is 4.98 Å². The highest BCUT2D eigenvalue weighted by atomic mass is 19.1. The normalized spacial score (nSPS) is 10.8. The second-order valence-electron chi connectivity index (χ2n) is 4.84. The number of rotatable bonds is 2. The van der Waals surface area contributed by atoms with Crippen LogP contribution in [0.5, 0.6) is 0 Å². The second-order valence-corrected chi connectivity index (χ2v) is 4.84. The molecule has 0 aliphatic rings. The van der Waals surface area contributed by atoms with Crippen molar-refractivity contribution in [3.8, 4) is 17.1 Å². The van der Waals surface area contributed by atoms with Gasteiger partial charge in [-0.25, -0.2) is 9.37 Å². The molecule has 100 valence electrons. The molecule has 0 amide bonds. The zero-order chi connectivity index (χ0) is 14.1. The van der Waals surface area contributed by atoms with Crippen LogP contribution in [0.25, 0.3) is 17.1 Å². The Bertz CT molecular complexity index is 739. The molecule has 0 N–H and O–H groups in total. The molecule has 3 rings (SSSR count). The lowest BCUT2D eigenvalue weighted by atomic mass is 10.1. The maximum atomic E-state index is 14.0. The van der Waals surface area contributed by atoms with Crippen molar-refractivity contribution in [2.75, 3.05) is 0 Å². The van der Waals surface area contributed by atoms with Crippen molar-refractivity contribution < 1.29 is 4.39 Å². The lowest BCUT2D eigenvalue weighted by Crippen LogP contribution is -2.02. The average molecular weight is 266 g/mol. The number of benzene rings is 2. The summed E-state index contributed by atoms with van der Waals surface area (Å²) < 4.78 is 15.9. The Labute approximate surface area is 117 Å². The van der Waals surface area contributed by atoms with Gasteiger partial charge in [0.2, 0.25) is 0 Å². The van der Waals surface area contributed by atoms with Gasteiger partial charge in [0.15, 0.2) is 0 Å². The summed E-state index contributed by atoms with van der Waals surface area (Å²) in [5.74, 6) is 0.367. The van der Waals surface area contributed by atoms with Crippen LogP contribution < -0.4 is 0 Å². The zero-order valence-electron chi connectivity index (χ0n) is 11.5. The third-order valence-electron chi connectivity index (χ3n) is 3.44. The molecule has 0 radical (unpaired) electrons. The van der Waals surface area contributed by atoms with Crippen molar-refractivity contribution in [3.05, 3.63) is 71.8 Å². The standard InChI is InChI=1S/C17H15FN2/c1-12-6-5-7-13(2)16(12)20-11-10-19-17(20)14-8-3-4-9-15(14)18/h3-11H,1-2H3. The van der Waals surface area contributed by atoms with Crippen LogP contribution in [-0.4, -0.2) is 9.55 Å². The van der Waals surface area contributed by atoms with Gasteiger partial charge < -0.3 is 0 Å². The van der Waals surface area contributed by atoms with Gasteiger partial charge in [-0.1, -0.05) is 30.3 Å². The first kappa shape index (κ1) is 12.6. The summed E-state index contributed by atoms with van der Waals surface area (Å²) in [4.78, 5) is 4.33. The fourth-order valence-electron chi connectivity index (χ4n) is 2.51. The summed E-state index contributed by atoms with van der Waals surface area (Å²) in [6.45, 7) is 4.10. The smallest absolute Gasteiger partial charge is 0.147 e. The predicted molar refractivity (Wildman–Crippen MR) is 78.4 cm³/mol. The maximum absolute atomic E-state index is 14.0. The number of nitrogens with zero attached hydrogens (tertiary/aromatic N) is 2. The Morgan fingerprint density at radius 3 is 2.35 bits per heavy atom. The van der Waals surface area contributed by atoms with Crippen LogP contribution in [0.1, 0.15) is 11.1 Å². The summed E-state index contributed by atoms with van der Waals surface area (Å²) in [7, 11) is 0. The van der Waals surface area contributed by atoms with E-state index in [4.69, 9.17) is 0 Å². The van der Waals surface area contributed by atoms with Gasteiger partial charge in [-0.15, -0.1) is 0 Å². The van der Waals surface area contributed by atoms with Crippen molar-refractivity contribution in [1.82, 2.24) is 9.55 Å². The molecule has 0 aliphatic carbocycles. The maximum Gasteiger partial charge on any atom is 0.147 e. The van der Waals surface area contributed by atoms with E-state index in [9.17, 15) is 4.39 Å². The molecular formula is C17H15FN2. The molecule has 3 aromatic rings. The van der Waals surface area contributed by atoms with Crippen molar-refractivity contribution in [2.24, 2.45) is 0 Å². The zero-order valence-corrected chi connectivity index (χ0v) is 11.5. The number of imidazole rings is 1. The van der Waals surface area contributed by atoms with Gasteiger partial charge in [-0.2, -0.15) is 0 Å². The van der Waals surface area contributed by atoms with Gasteiger partial charge in [0.25, 0.3) is 0 Å². The lowest BCUT2D eigenvalue weighted by Gasteiger charge is -2.14. The van der Waals surface area contributed by atoms with E-state index in [1.807, 2.05) is 48.9 Å². The van der Waals surface area contributed by atoms with Gasteiger partial charge in [0, 0.05) is 12.4 Å². The number of halogens is 1. The fourth-order valence-corrected chi connectivity index (χ4v) is 2.51. The highest BCUT2D eigenvalue weighted by Gasteiger charge is 2.14. The Balaban J connectivity index is 2.24. The summed E-state index contributed by atoms with van der Waals surface area (Å²) in [5, 5.41) is 0. The lowest BCUT2D eigenvalue weighted by molar-refractivity contribution is 0.629. The van der Waals surface area contributed by atoms with E-state index in [1.165, 1.54) is 6.07 Å². The van der Waals surface area contributed by atoms with Crippen LogP contribution in [0.4, 0.5) is 4.39 Å². The minimum absolute atomic E-state index is 0.258. The first-order valence-corrected chi connectivity index (χ1v) is 6.53. The van der Waals surface area contributed by atoms with Crippen LogP contribution in [-0.2, 0) is 0 Å². The Morgan fingerprint density at radius 2 is 1.65 bits per heavy atom. The number of para-hydroxylation sites is 1. The highest BCUT2D eigenvalue weighted by molar-refractivity contribution is 5.61. The first-order valence-electron chi connectivity index (χ1n) is 6.53. The van der Waals surface area contributed by atoms with Crippen LogP contribution >= 0.6 is 0 Å². The molecule has 0 saturated carbocycles. The number of aryl methyl sites for hydroxylation is 2. The number of hydrogen-bond donors (Lipinski definition) is 0. The molecule has 1 aromatic heterocycles. The van der Waals surface area contributed by atoms with Gasteiger partial charge in [-0.3, -0.25) is 4.57 Å². The molecule has 2 aromatic carbocycles. The van der Waals surface area contributed by atoms with Crippen molar-refractivity contribution >= 4 is 0 Å². The molecule has 0 atom stereocenters. The van der Waals surface area contributed by atoms with Crippen LogP contribution in [0, 0.1) is 19.7 Å². The third kappa shape index (κ3) is 2.01.